The zero-order chi connectivity index (χ0) is 27.0. The summed E-state index contributed by atoms with van der Waals surface area (Å²) in [4.78, 5) is 25.9. The number of hydrazone groups is 1. The molecular formula is C30H31N3O5. The van der Waals surface area contributed by atoms with E-state index in [2.05, 4.69) is 15.8 Å². The van der Waals surface area contributed by atoms with Crippen molar-refractivity contribution in [3.8, 4) is 5.75 Å². The van der Waals surface area contributed by atoms with Crippen LogP contribution in [-0.2, 0) is 17.6 Å². The Bertz CT molecular complexity index is 1590. The van der Waals surface area contributed by atoms with Gasteiger partial charge in [-0.2, -0.15) is 5.10 Å². The number of aryl methyl sites for hydroxylation is 4. The monoisotopic (exact) mass is 513 g/mol. The van der Waals surface area contributed by atoms with E-state index in [1.54, 1.807) is 13.4 Å². The third-order valence-corrected chi connectivity index (χ3v) is 7.14. The molecule has 0 aliphatic heterocycles. The van der Waals surface area contributed by atoms with Gasteiger partial charge in [0.2, 0.25) is 5.91 Å². The van der Waals surface area contributed by atoms with E-state index in [1.165, 1.54) is 0 Å². The van der Waals surface area contributed by atoms with Gasteiger partial charge in [0.15, 0.2) is 5.76 Å². The van der Waals surface area contributed by atoms with Crippen LogP contribution in [0.15, 0.2) is 50.5 Å². The number of rotatable bonds is 6. The predicted molar refractivity (Wildman–Crippen MR) is 146 cm³/mol. The maximum atomic E-state index is 13.2. The minimum absolute atomic E-state index is 0.148. The van der Waals surface area contributed by atoms with Crippen molar-refractivity contribution in [2.45, 2.75) is 53.4 Å². The van der Waals surface area contributed by atoms with E-state index < -0.39 is 0 Å². The van der Waals surface area contributed by atoms with E-state index in [0.29, 0.717) is 41.3 Å². The van der Waals surface area contributed by atoms with Crippen LogP contribution in [0.4, 0.5) is 5.69 Å². The minimum Gasteiger partial charge on any atom is -0.495 e. The molecule has 2 amide bonds. The summed E-state index contributed by atoms with van der Waals surface area (Å²) in [5.74, 6) is 0.904. The largest absolute Gasteiger partial charge is 0.495 e. The van der Waals surface area contributed by atoms with E-state index in [4.69, 9.17) is 13.6 Å². The summed E-state index contributed by atoms with van der Waals surface area (Å²) < 4.78 is 17.1. The van der Waals surface area contributed by atoms with Gasteiger partial charge in [-0.3, -0.25) is 9.59 Å². The fourth-order valence-corrected chi connectivity index (χ4v) is 4.96. The Morgan fingerprint density at radius 1 is 1.05 bits per heavy atom. The Morgan fingerprint density at radius 2 is 1.87 bits per heavy atom. The summed E-state index contributed by atoms with van der Waals surface area (Å²) in [5, 5.41) is 8.28. The van der Waals surface area contributed by atoms with Crippen molar-refractivity contribution in [1.29, 1.82) is 0 Å². The van der Waals surface area contributed by atoms with Crippen molar-refractivity contribution < 1.29 is 23.2 Å². The number of nitrogens with zero attached hydrogens (tertiary/aromatic N) is 1. The molecule has 1 aliphatic carbocycles. The summed E-state index contributed by atoms with van der Waals surface area (Å²) in [6, 6.07) is 9.59. The number of carbonyl (C=O) groups is 2. The molecule has 0 saturated heterocycles. The first-order valence-corrected chi connectivity index (χ1v) is 12.7. The fourth-order valence-electron chi connectivity index (χ4n) is 4.96. The lowest BCUT2D eigenvalue weighted by molar-refractivity contribution is -0.120. The van der Waals surface area contributed by atoms with Crippen molar-refractivity contribution in [3.05, 3.63) is 81.5 Å². The molecule has 2 aromatic heterocycles. The highest BCUT2D eigenvalue weighted by atomic mass is 16.5. The summed E-state index contributed by atoms with van der Waals surface area (Å²) >= 11 is 0. The van der Waals surface area contributed by atoms with Gasteiger partial charge < -0.3 is 18.9 Å². The van der Waals surface area contributed by atoms with Gasteiger partial charge in [0.05, 0.1) is 31.2 Å². The summed E-state index contributed by atoms with van der Waals surface area (Å²) in [6.45, 7) is 7.83. The lowest BCUT2D eigenvalue weighted by atomic mass is 9.93. The molecule has 2 N–H and O–H groups in total. The molecule has 1 aliphatic rings. The Kier molecular flexibility index (Phi) is 6.80. The van der Waals surface area contributed by atoms with Gasteiger partial charge >= 0.3 is 0 Å². The number of carbonyl (C=O) groups excluding carboxylic acids is 2. The molecule has 8 heteroatoms. The maximum Gasteiger partial charge on any atom is 0.291 e. The molecule has 2 aromatic carbocycles. The SMILES string of the molecule is COc1ccc(C)cc1NC(=O)c1oc2c(c1C)/C(=N/NC(=O)Cc1coc3c(C)c(C)ccc13)CCC2. The number of benzene rings is 2. The standard InChI is InChI=1S/C30H31N3O5/c1-16-9-12-24(36-5)23(13-16)31-30(35)29-19(4)27-22(7-6-8-25(27)38-29)32-33-26(34)14-20-15-37-28-18(3)17(2)10-11-21(20)28/h9-13,15H,6-8,14H2,1-5H3,(H,31,35)(H,33,34)/b32-22+. The zero-order valence-electron chi connectivity index (χ0n) is 22.3. The number of methoxy groups -OCH3 is 1. The number of anilines is 1. The number of nitrogens with one attached hydrogen (secondary N) is 2. The van der Waals surface area contributed by atoms with Crippen molar-refractivity contribution in [2.24, 2.45) is 5.10 Å². The first-order valence-electron chi connectivity index (χ1n) is 12.7. The van der Waals surface area contributed by atoms with Crippen molar-refractivity contribution >= 4 is 34.2 Å². The third kappa shape index (κ3) is 4.69. The van der Waals surface area contributed by atoms with Crippen LogP contribution in [0.3, 0.4) is 0 Å². The second kappa shape index (κ2) is 10.2. The second-order valence-electron chi connectivity index (χ2n) is 9.78. The third-order valence-electron chi connectivity index (χ3n) is 7.14. The molecule has 2 heterocycles. The van der Waals surface area contributed by atoms with E-state index in [0.717, 1.165) is 45.2 Å². The molecule has 0 spiro atoms. The molecule has 0 saturated carbocycles. The summed E-state index contributed by atoms with van der Waals surface area (Å²) in [6.07, 6.45) is 3.97. The molecular weight excluding hydrogens is 482 g/mol. The summed E-state index contributed by atoms with van der Waals surface area (Å²) in [7, 11) is 1.56. The Labute approximate surface area is 221 Å². The van der Waals surface area contributed by atoms with Gasteiger partial charge in [0.25, 0.3) is 5.91 Å². The van der Waals surface area contributed by atoms with Crippen LogP contribution < -0.4 is 15.5 Å². The molecule has 0 unspecified atom stereocenters. The Balaban J connectivity index is 1.34. The van der Waals surface area contributed by atoms with Crippen molar-refractivity contribution in [1.82, 2.24) is 5.43 Å². The smallest absolute Gasteiger partial charge is 0.291 e. The Morgan fingerprint density at radius 3 is 2.66 bits per heavy atom. The average molecular weight is 514 g/mol. The van der Waals surface area contributed by atoms with Crippen LogP contribution in [0, 0.1) is 27.7 Å². The number of hydrogen-bond acceptors (Lipinski definition) is 6. The normalized spacial score (nSPS) is 14.0. The van der Waals surface area contributed by atoms with Crippen LogP contribution in [0.5, 0.6) is 5.75 Å². The number of amides is 2. The van der Waals surface area contributed by atoms with Crippen LogP contribution in [-0.4, -0.2) is 24.6 Å². The van der Waals surface area contributed by atoms with Crippen LogP contribution in [0.1, 0.15) is 62.5 Å². The molecule has 38 heavy (non-hydrogen) atoms. The topological polar surface area (TPSA) is 106 Å². The van der Waals surface area contributed by atoms with Gasteiger partial charge in [-0.05, 0) is 69.4 Å². The first-order chi connectivity index (χ1) is 18.3. The van der Waals surface area contributed by atoms with Gasteiger partial charge in [0, 0.05) is 28.5 Å². The lowest BCUT2D eigenvalue weighted by Crippen LogP contribution is -2.23. The van der Waals surface area contributed by atoms with Crippen LogP contribution in [0.25, 0.3) is 11.0 Å². The summed E-state index contributed by atoms with van der Waals surface area (Å²) in [5.41, 5.74) is 10.3. The highest BCUT2D eigenvalue weighted by Crippen LogP contribution is 2.32. The minimum atomic E-state index is -0.360. The highest BCUT2D eigenvalue weighted by Gasteiger charge is 2.28. The average Bonchev–Trinajstić information content (AvgIpc) is 3.46. The van der Waals surface area contributed by atoms with E-state index in [1.807, 2.05) is 58.0 Å². The lowest BCUT2D eigenvalue weighted by Gasteiger charge is -2.13. The van der Waals surface area contributed by atoms with Gasteiger partial charge in [0.1, 0.15) is 17.1 Å². The molecule has 0 atom stereocenters. The second-order valence-corrected chi connectivity index (χ2v) is 9.78. The Hall–Kier alpha value is -4.33. The molecule has 0 radical (unpaired) electrons. The molecule has 5 rings (SSSR count). The predicted octanol–water partition coefficient (Wildman–Crippen LogP) is 5.92. The van der Waals surface area contributed by atoms with Crippen LogP contribution in [0.2, 0.25) is 0 Å². The number of fused-ring (bicyclic) bond motifs is 2. The van der Waals surface area contributed by atoms with E-state index in [9.17, 15) is 9.59 Å². The molecule has 0 fully saturated rings. The zero-order valence-corrected chi connectivity index (χ0v) is 22.3. The van der Waals surface area contributed by atoms with Gasteiger partial charge in [-0.25, -0.2) is 5.43 Å². The number of hydrogen-bond donors (Lipinski definition) is 2. The quantitative estimate of drug-likeness (QED) is 0.311. The van der Waals surface area contributed by atoms with E-state index >= 15 is 0 Å². The van der Waals surface area contributed by atoms with Crippen molar-refractivity contribution in [3.63, 3.8) is 0 Å². The van der Waals surface area contributed by atoms with Crippen molar-refractivity contribution in [2.75, 3.05) is 12.4 Å². The van der Waals surface area contributed by atoms with E-state index in [-0.39, 0.29) is 24.0 Å². The van der Waals surface area contributed by atoms with Gasteiger partial charge in [-0.1, -0.05) is 18.2 Å². The fraction of sp³-hybridized carbons (Fsp3) is 0.300. The maximum absolute atomic E-state index is 13.2. The van der Waals surface area contributed by atoms with Crippen LogP contribution >= 0.6 is 0 Å². The first kappa shape index (κ1) is 25.3. The molecule has 196 valence electrons. The molecule has 0 bridgehead atoms. The highest BCUT2D eigenvalue weighted by molar-refractivity contribution is 6.09. The number of ether oxygens (including phenoxy) is 1. The number of furan rings is 2. The van der Waals surface area contributed by atoms with Gasteiger partial charge in [-0.15, -0.1) is 0 Å². The molecule has 8 nitrogen and oxygen atoms in total. The molecule has 4 aromatic rings.